The maximum atomic E-state index is 11.0. The first kappa shape index (κ1) is 12.2. The Bertz CT molecular complexity index is 161. The van der Waals surface area contributed by atoms with Crippen LogP contribution in [0.5, 0.6) is 0 Å². The molecule has 0 fully saturated rings. The van der Waals surface area contributed by atoms with E-state index in [2.05, 4.69) is 5.32 Å². The summed E-state index contributed by atoms with van der Waals surface area (Å²) < 4.78 is 4.82. The van der Waals surface area contributed by atoms with Crippen LogP contribution in [0.4, 0.5) is 4.79 Å². The lowest BCUT2D eigenvalue weighted by atomic mass is 10.1. The molecule has 0 heterocycles. The Labute approximate surface area is 79.3 Å². The van der Waals surface area contributed by atoms with E-state index in [0.29, 0.717) is 6.42 Å². The SMILES string of the molecule is C[C@@H](O)CCOC(=O)NC(C)(C)C. The molecule has 4 nitrogen and oxygen atoms in total. The van der Waals surface area contributed by atoms with E-state index in [1.165, 1.54) is 0 Å². The molecule has 0 unspecified atom stereocenters. The molecule has 0 aliphatic rings. The Morgan fingerprint density at radius 1 is 1.54 bits per heavy atom. The third-order valence-electron chi connectivity index (χ3n) is 1.25. The van der Waals surface area contributed by atoms with E-state index in [9.17, 15) is 4.79 Å². The van der Waals surface area contributed by atoms with E-state index in [0.717, 1.165) is 0 Å². The summed E-state index contributed by atoms with van der Waals surface area (Å²) in [5, 5.41) is 11.5. The predicted octanol–water partition coefficient (Wildman–Crippen LogP) is 1.28. The molecule has 0 radical (unpaired) electrons. The molecule has 2 N–H and O–H groups in total. The van der Waals surface area contributed by atoms with Crippen LogP contribution in [0, 0.1) is 0 Å². The number of hydrogen-bond donors (Lipinski definition) is 2. The Hall–Kier alpha value is -0.770. The van der Waals surface area contributed by atoms with Gasteiger partial charge in [0.05, 0.1) is 12.7 Å². The Morgan fingerprint density at radius 3 is 2.46 bits per heavy atom. The summed E-state index contributed by atoms with van der Waals surface area (Å²) in [6, 6.07) is 0. The lowest BCUT2D eigenvalue weighted by Crippen LogP contribution is -2.41. The van der Waals surface area contributed by atoms with Crippen molar-refractivity contribution in [1.29, 1.82) is 0 Å². The molecule has 0 spiro atoms. The van der Waals surface area contributed by atoms with Gasteiger partial charge >= 0.3 is 6.09 Å². The zero-order valence-electron chi connectivity index (χ0n) is 8.76. The van der Waals surface area contributed by atoms with Gasteiger partial charge < -0.3 is 15.2 Å². The fraction of sp³-hybridized carbons (Fsp3) is 0.889. The molecule has 4 heteroatoms. The molecular weight excluding hydrogens is 170 g/mol. The molecule has 0 bridgehead atoms. The molecule has 0 saturated carbocycles. The van der Waals surface area contributed by atoms with Crippen molar-refractivity contribution >= 4 is 6.09 Å². The van der Waals surface area contributed by atoms with Crippen LogP contribution < -0.4 is 5.32 Å². The van der Waals surface area contributed by atoms with Gasteiger partial charge in [0.2, 0.25) is 0 Å². The molecule has 0 aliphatic carbocycles. The van der Waals surface area contributed by atoms with Gasteiger partial charge in [-0.25, -0.2) is 4.79 Å². The maximum absolute atomic E-state index is 11.0. The van der Waals surface area contributed by atoms with Gasteiger partial charge in [0.1, 0.15) is 0 Å². The van der Waals surface area contributed by atoms with Crippen LogP contribution in [0.3, 0.4) is 0 Å². The molecule has 1 atom stereocenters. The summed E-state index contributed by atoms with van der Waals surface area (Å²) in [4.78, 5) is 11.0. The average molecular weight is 189 g/mol. The van der Waals surface area contributed by atoms with Gasteiger partial charge in [-0.05, 0) is 27.7 Å². The van der Waals surface area contributed by atoms with Crippen LogP contribution in [-0.2, 0) is 4.74 Å². The third-order valence-corrected chi connectivity index (χ3v) is 1.25. The topological polar surface area (TPSA) is 58.6 Å². The summed E-state index contributed by atoms with van der Waals surface area (Å²) in [5.74, 6) is 0. The minimum atomic E-state index is -0.437. The predicted molar refractivity (Wildman–Crippen MR) is 50.5 cm³/mol. The number of nitrogens with one attached hydrogen (secondary N) is 1. The van der Waals surface area contributed by atoms with Crippen molar-refractivity contribution in [1.82, 2.24) is 5.32 Å². The molecule has 0 aromatic rings. The van der Waals surface area contributed by atoms with Crippen molar-refractivity contribution < 1.29 is 14.6 Å². The molecule has 0 aromatic carbocycles. The number of aliphatic hydroxyl groups excluding tert-OH is 1. The minimum Gasteiger partial charge on any atom is -0.449 e. The van der Waals surface area contributed by atoms with E-state index in [1.54, 1.807) is 6.92 Å². The summed E-state index contributed by atoms with van der Waals surface area (Å²) >= 11 is 0. The number of alkyl carbamates (subject to hydrolysis) is 1. The quantitative estimate of drug-likeness (QED) is 0.703. The number of amides is 1. The van der Waals surface area contributed by atoms with Gasteiger partial charge in [-0.1, -0.05) is 0 Å². The molecule has 0 aliphatic heterocycles. The average Bonchev–Trinajstić information content (AvgIpc) is 1.81. The van der Waals surface area contributed by atoms with Crippen LogP contribution in [0.1, 0.15) is 34.1 Å². The normalized spacial score (nSPS) is 13.6. The molecule has 0 rings (SSSR count). The van der Waals surface area contributed by atoms with E-state index < -0.39 is 12.2 Å². The molecule has 0 aromatic heterocycles. The van der Waals surface area contributed by atoms with Gasteiger partial charge in [0, 0.05) is 12.0 Å². The number of rotatable bonds is 3. The van der Waals surface area contributed by atoms with Crippen molar-refractivity contribution in [2.45, 2.75) is 45.8 Å². The van der Waals surface area contributed by atoms with Crippen molar-refractivity contribution in [2.24, 2.45) is 0 Å². The summed E-state index contributed by atoms with van der Waals surface area (Å²) in [6.45, 7) is 7.54. The van der Waals surface area contributed by atoms with E-state index in [4.69, 9.17) is 9.84 Å². The first-order chi connectivity index (χ1) is 5.81. The summed E-state index contributed by atoms with van der Waals surface area (Å²) in [5.41, 5.74) is -0.276. The second-order valence-corrected chi connectivity index (χ2v) is 4.15. The van der Waals surface area contributed by atoms with Crippen LogP contribution in [0.25, 0.3) is 0 Å². The second-order valence-electron chi connectivity index (χ2n) is 4.15. The highest BCUT2D eigenvalue weighted by Crippen LogP contribution is 1.99. The Morgan fingerprint density at radius 2 is 2.08 bits per heavy atom. The van der Waals surface area contributed by atoms with Crippen LogP contribution >= 0.6 is 0 Å². The fourth-order valence-electron chi connectivity index (χ4n) is 0.664. The lowest BCUT2D eigenvalue weighted by molar-refractivity contribution is 0.108. The smallest absolute Gasteiger partial charge is 0.407 e. The summed E-state index contributed by atoms with van der Waals surface area (Å²) in [7, 11) is 0. The molecule has 1 amide bonds. The zero-order chi connectivity index (χ0) is 10.5. The molecule has 0 saturated heterocycles. The Kier molecular flexibility index (Phi) is 4.77. The number of ether oxygens (including phenoxy) is 1. The number of aliphatic hydroxyl groups is 1. The molecule has 78 valence electrons. The van der Waals surface area contributed by atoms with Gasteiger partial charge in [-0.3, -0.25) is 0 Å². The summed E-state index contributed by atoms with van der Waals surface area (Å²) in [6.07, 6.45) is -0.395. The van der Waals surface area contributed by atoms with Gasteiger partial charge in [-0.2, -0.15) is 0 Å². The highest BCUT2D eigenvalue weighted by Gasteiger charge is 2.14. The first-order valence-electron chi connectivity index (χ1n) is 4.44. The largest absolute Gasteiger partial charge is 0.449 e. The second kappa shape index (κ2) is 5.07. The number of carbonyl (C=O) groups excluding carboxylic acids is 1. The molecule has 13 heavy (non-hydrogen) atoms. The van der Waals surface area contributed by atoms with Crippen LogP contribution in [0.2, 0.25) is 0 Å². The van der Waals surface area contributed by atoms with Crippen molar-refractivity contribution in [3.05, 3.63) is 0 Å². The van der Waals surface area contributed by atoms with Crippen molar-refractivity contribution in [2.75, 3.05) is 6.61 Å². The van der Waals surface area contributed by atoms with Crippen molar-refractivity contribution in [3.8, 4) is 0 Å². The van der Waals surface area contributed by atoms with Crippen LogP contribution in [-0.4, -0.2) is 29.4 Å². The lowest BCUT2D eigenvalue weighted by Gasteiger charge is -2.20. The van der Waals surface area contributed by atoms with E-state index in [1.807, 2.05) is 20.8 Å². The Balaban J connectivity index is 3.53. The van der Waals surface area contributed by atoms with E-state index in [-0.39, 0.29) is 12.1 Å². The number of carbonyl (C=O) groups is 1. The standard InChI is InChI=1S/C9H19NO3/c1-7(11)5-6-13-8(12)10-9(2,3)4/h7,11H,5-6H2,1-4H3,(H,10,12)/t7-/m1/s1. The monoisotopic (exact) mass is 189 g/mol. The van der Waals surface area contributed by atoms with Gasteiger partial charge in [0.25, 0.3) is 0 Å². The maximum Gasteiger partial charge on any atom is 0.407 e. The van der Waals surface area contributed by atoms with Gasteiger partial charge in [0.15, 0.2) is 0 Å². The molecular formula is C9H19NO3. The van der Waals surface area contributed by atoms with E-state index >= 15 is 0 Å². The number of hydrogen-bond acceptors (Lipinski definition) is 3. The minimum absolute atomic E-state index is 0.250. The highest BCUT2D eigenvalue weighted by atomic mass is 16.5. The zero-order valence-corrected chi connectivity index (χ0v) is 8.76. The highest BCUT2D eigenvalue weighted by molar-refractivity contribution is 5.67. The van der Waals surface area contributed by atoms with Gasteiger partial charge in [-0.15, -0.1) is 0 Å². The third kappa shape index (κ3) is 9.14. The first-order valence-corrected chi connectivity index (χ1v) is 4.44. The fourth-order valence-corrected chi connectivity index (χ4v) is 0.664. The van der Waals surface area contributed by atoms with Crippen LogP contribution in [0.15, 0.2) is 0 Å². The van der Waals surface area contributed by atoms with Crippen molar-refractivity contribution in [3.63, 3.8) is 0 Å².